The van der Waals surface area contributed by atoms with Crippen LogP contribution in [0.4, 0.5) is 0 Å². The van der Waals surface area contributed by atoms with Gasteiger partial charge in [0.15, 0.2) is 5.96 Å². The number of para-hydroxylation sites is 1. The molecule has 0 fully saturated rings. The molecule has 144 valence electrons. The molecule has 6 heteroatoms. The largest absolute Gasteiger partial charge is 0.492 e. The van der Waals surface area contributed by atoms with Gasteiger partial charge in [-0.15, -0.1) is 0 Å². The number of ether oxygens (including phenoxy) is 1. The van der Waals surface area contributed by atoms with Gasteiger partial charge in [-0.25, -0.2) is 0 Å². The quantitative estimate of drug-likeness (QED) is 0.426. The summed E-state index contributed by atoms with van der Waals surface area (Å²) in [6.07, 6.45) is 0.801. The molecular formula is C21H28N4O2. The summed E-state index contributed by atoms with van der Waals surface area (Å²) in [7, 11) is 5.26. The fourth-order valence-corrected chi connectivity index (χ4v) is 2.52. The van der Waals surface area contributed by atoms with Gasteiger partial charge in [0, 0.05) is 33.3 Å². The van der Waals surface area contributed by atoms with Gasteiger partial charge in [-0.1, -0.05) is 30.3 Å². The minimum atomic E-state index is 0.0145. The number of benzene rings is 2. The first kappa shape index (κ1) is 20.3. The van der Waals surface area contributed by atoms with Crippen LogP contribution in [-0.4, -0.2) is 57.6 Å². The molecule has 0 aliphatic heterocycles. The Morgan fingerprint density at radius 1 is 1.04 bits per heavy atom. The Morgan fingerprint density at radius 2 is 1.78 bits per heavy atom. The van der Waals surface area contributed by atoms with Gasteiger partial charge in [0.1, 0.15) is 12.4 Å². The average molecular weight is 368 g/mol. The first-order valence-electron chi connectivity index (χ1n) is 9.03. The van der Waals surface area contributed by atoms with E-state index in [9.17, 15) is 4.79 Å². The molecular weight excluding hydrogens is 340 g/mol. The van der Waals surface area contributed by atoms with E-state index in [1.165, 1.54) is 0 Å². The van der Waals surface area contributed by atoms with Crippen molar-refractivity contribution < 1.29 is 9.53 Å². The number of carbonyl (C=O) groups is 1. The lowest BCUT2D eigenvalue weighted by Gasteiger charge is -2.13. The maximum atomic E-state index is 12.0. The van der Waals surface area contributed by atoms with Gasteiger partial charge < -0.3 is 20.3 Å². The van der Waals surface area contributed by atoms with Crippen LogP contribution in [0.25, 0.3) is 0 Å². The number of hydrogen-bond acceptors (Lipinski definition) is 3. The zero-order chi connectivity index (χ0) is 19.5. The number of rotatable bonds is 8. The summed E-state index contributed by atoms with van der Waals surface area (Å²) in [6.45, 7) is 1.93. The second-order valence-corrected chi connectivity index (χ2v) is 6.24. The summed E-state index contributed by atoms with van der Waals surface area (Å²) in [4.78, 5) is 17.8. The van der Waals surface area contributed by atoms with Crippen LogP contribution >= 0.6 is 0 Å². The van der Waals surface area contributed by atoms with Crippen molar-refractivity contribution in [3.8, 4) is 5.75 Å². The Balaban J connectivity index is 1.71. The molecule has 0 bridgehead atoms. The van der Waals surface area contributed by atoms with Gasteiger partial charge >= 0.3 is 0 Å². The smallest absolute Gasteiger partial charge is 0.253 e. The second-order valence-electron chi connectivity index (χ2n) is 6.24. The van der Waals surface area contributed by atoms with Crippen molar-refractivity contribution >= 4 is 11.9 Å². The lowest BCUT2D eigenvalue weighted by atomic mass is 10.1. The second kappa shape index (κ2) is 10.9. The third-order valence-electron chi connectivity index (χ3n) is 3.92. The number of carbonyl (C=O) groups excluding carboxylic acids is 1. The maximum absolute atomic E-state index is 12.0. The van der Waals surface area contributed by atoms with E-state index in [1.54, 1.807) is 26.0 Å². The van der Waals surface area contributed by atoms with Gasteiger partial charge in [-0.05, 0) is 36.2 Å². The summed E-state index contributed by atoms with van der Waals surface area (Å²) in [5, 5.41) is 6.50. The Kier molecular flexibility index (Phi) is 8.16. The normalized spacial score (nSPS) is 11.0. The van der Waals surface area contributed by atoms with Crippen LogP contribution in [0.2, 0.25) is 0 Å². The molecule has 0 spiro atoms. The molecule has 0 heterocycles. The van der Waals surface area contributed by atoms with E-state index in [0.29, 0.717) is 18.7 Å². The molecule has 0 radical (unpaired) electrons. The van der Waals surface area contributed by atoms with E-state index in [1.807, 2.05) is 54.6 Å². The topological polar surface area (TPSA) is 66.0 Å². The third-order valence-corrected chi connectivity index (χ3v) is 3.92. The van der Waals surface area contributed by atoms with Crippen LogP contribution in [-0.2, 0) is 6.42 Å². The molecule has 0 saturated carbocycles. The van der Waals surface area contributed by atoms with E-state index < -0.39 is 0 Å². The Bertz CT molecular complexity index is 745. The zero-order valence-electron chi connectivity index (χ0n) is 16.2. The summed E-state index contributed by atoms with van der Waals surface area (Å²) in [5.41, 5.74) is 1.82. The minimum Gasteiger partial charge on any atom is -0.492 e. The molecule has 0 aliphatic carbocycles. The van der Waals surface area contributed by atoms with Crippen molar-refractivity contribution in [3.05, 3.63) is 65.7 Å². The number of aliphatic imine (C=N–C) groups is 1. The van der Waals surface area contributed by atoms with Gasteiger partial charge in [0.05, 0.1) is 6.54 Å². The predicted molar refractivity (Wildman–Crippen MR) is 109 cm³/mol. The van der Waals surface area contributed by atoms with Crippen LogP contribution in [0.15, 0.2) is 59.6 Å². The molecule has 27 heavy (non-hydrogen) atoms. The highest BCUT2D eigenvalue weighted by Crippen LogP contribution is 2.08. The van der Waals surface area contributed by atoms with Crippen molar-refractivity contribution in [1.29, 1.82) is 0 Å². The highest BCUT2D eigenvalue weighted by Gasteiger charge is 2.08. The van der Waals surface area contributed by atoms with Crippen LogP contribution in [0, 0.1) is 0 Å². The lowest BCUT2D eigenvalue weighted by Crippen LogP contribution is -2.40. The average Bonchev–Trinajstić information content (AvgIpc) is 2.70. The summed E-state index contributed by atoms with van der Waals surface area (Å²) in [5.74, 6) is 1.60. The fraction of sp³-hybridized carbons (Fsp3) is 0.333. The molecule has 0 aliphatic rings. The Labute approximate surface area is 161 Å². The SMILES string of the molecule is CN=C(NCCOc1ccccc1)NCCc1cccc(C(=O)N(C)C)c1. The molecule has 2 rings (SSSR count). The monoisotopic (exact) mass is 368 g/mol. The number of nitrogens with one attached hydrogen (secondary N) is 2. The summed E-state index contributed by atoms with van der Waals surface area (Å²) in [6, 6.07) is 17.4. The summed E-state index contributed by atoms with van der Waals surface area (Å²) < 4.78 is 5.65. The van der Waals surface area contributed by atoms with Gasteiger partial charge in [0.25, 0.3) is 5.91 Å². The maximum Gasteiger partial charge on any atom is 0.253 e. The zero-order valence-corrected chi connectivity index (χ0v) is 16.2. The van der Waals surface area contributed by atoms with Gasteiger partial charge in [-0.2, -0.15) is 0 Å². The van der Waals surface area contributed by atoms with E-state index in [0.717, 1.165) is 30.2 Å². The highest BCUT2D eigenvalue weighted by atomic mass is 16.5. The fourth-order valence-electron chi connectivity index (χ4n) is 2.52. The van der Waals surface area contributed by atoms with Crippen molar-refractivity contribution in [3.63, 3.8) is 0 Å². The van der Waals surface area contributed by atoms with Crippen LogP contribution in [0.5, 0.6) is 5.75 Å². The molecule has 2 N–H and O–H groups in total. The van der Waals surface area contributed by atoms with Crippen LogP contribution in [0.1, 0.15) is 15.9 Å². The van der Waals surface area contributed by atoms with E-state index >= 15 is 0 Å². The van der Waals surface area contributed by atoms with Crippen LogP contribution in [0.3, 0.4) is 0 Å². The molecule has 1 amide bonds. The van der Waals surface area contributed by atoms with Crippen molar-refractivity contribution in [2.75, 3.05) is 40.8 Å². The number of guanidine groups is 1. The number of hydrogen-bond donors (Lipinski definition) is 2. The summed E-state index contributed by atoms with van der Waals surface area (Å²) >= 11 is 0. The van der Waals surface area contributed by atoms with E-state index in [2.05, 4.69) is 15.6 Å². The first-order valence-corrected chi connectivity index (χ1v) is 9.03. The minimum absolute atomic E-state index is 0.0145. The molecule has 2 aromatic carbocycles. The molecule has 2 aromatic rings. The molecule has 0 atom stereocenters. The van der Waals surface area contributed by atoms with Crippen molar-refractivity contribution in [2.24, 2.45) is 4.99 Å². The van der Waals surface area contributed by atoms with Crippen LogP contribution < -0.4 is 15.4 Å². The van der Waals surface area contributed by atoms with Gasteiger partial charge in [-0.3, -0.25) is 9.79 Å². The first-order chi connectivity index (χ1) is 13.1. The molecule has 0 aromatic heterocycles. The van der Waals surface area contributed by atoms with Crippen molar-refractivity contribution in [2.45, 2.75) is 6.42 Å². The predicted octanol–water partition coefficient (Wildman–Crippen LogP) is 2.17. The van der Waals surface area contributed by atoms with E-state index in [-0.39, 0.29) is 5.91 Å². The molecule has 0 saturated heterocycles. The third kappa shape index (κ3) is 7.01. The molecule has 6 nitrogen and oxygen atoms in total. The number of amides is 1. The van der Waals surface area contributed by atoms with E-state index in [4.69, 9.17) is 4.74 Å². The van der Waals surface area contributed by atoms with Gasteiger partial charge in [0.2, 0.25) is 0 Å². The Morgan fingerprint density at radius 3 is 2.48 bits per heavy atom. The standard InChI is InChI=1S/C21H28N4O2/c1-22-21(24-14-15-27-19-10-5-4-6-11-19)23-13-12-17-8-7-9-18(16-17)20(26)25(2)3/h4-11,16H,12-15H2,1-3H3,(H2,22,23,24). The number of nitrogens with zero attached hydrogens (tertiary/aromatic N) is 2. The Hall–Kier alpha value is -3.02. The lowest BCUT2D eigenvalue weighted by molar-refractivity contribution is 0.0827. The highest BCUT2D eigenvalue weighted by molar-refractivity contribution is 5.94. The molecule has 0 unspecified atom stereocenters. The van der Waals surface area contributed by atoms with Crippen molar-refractivity contribution in [1.82, 2.24) is 15.5 Å².